The summed E-state index contributed by atoms with van der Waals surface area (Å²) in [5.41, 5.74) is 15.1. The van der Waals surface area contributed by atoms with Crippen molar-refractivity contribution in [2.45, 2.75) is 0 Å². The third kappa shape index (κ3) is 6.40. The molecule has 3 heterocycles. The number of hydrogen-bond donors (Lipinski definition) is 0. The Balaban J connectivity index is 1.03. The van der Waals surface area contributed by atoms with Crippen LogP contribution >= 0.6 is 0 Å². The Hall–Kier alpha value is -7.56. The molecule has 0 aliphatic rings. The van der Waals surface area contributed by atoms with Crippen LogP contribution in [0.15, 0.2) is 206 Å². The van der Waals surface area contributed by atoms with E-state index in [1.165, 1.54) is 0 Å². The van der Waals surface area contributed by atoms with E-state index >= 15 is 0 Å². The Morgan fingerprint density at radius 3 is 1.34 bits per heavy atom. The van der Waals surface area contributed by atoms with Crippen molar-refractivity contribution in [3.05, 3.63) is 206 Å². The SMILES string of the molecule is c1ccc(-c2cc(-c3ccccc3)nc(-c3ccc(-c4cccc(-c5ccc6ccc7c(-c8ccccc8)cc(-c8ccccc8)nc7c6n5)c4)cc3)n2)cc1. The van der Waals surface area contributed by atoms with Crippen LogP contribution in [0, 0.1) is 0 Å². The van der Waals surface area contributed by atoms with E-state index in [2.05, 4.69) is 164 Å². The zero-order chi connectivity index (χ0) is 37.3. The Bertz CT molecular complexity index is 2930. The van der Waals surface area contributed by atoms with Crippen LogP contribution in [-0.4, -0.2) is 19.9 Å². The summed E-state index contributed by atoms with van der Waals surface area (Å²) in [6.07, 6.45) is 0. The standard InChI is InChI=1S/C52H34N4/c1-5-14-36(15-6-1)45-33-47(37-16-7-2-8-17-37)54-51-44(45)30-28-40-29-31-46(53-50(40)51)43-23-13-22-42(32-43)35-24-26-41(27-25-35)52-55-48(38-18-9-3-10-19-38)34-49(56-52)39-20-11-4-12-21-39/h1-34H. The third-order valence-corrected chi connectivity index (χ3v) is 10.3. The third-order valence-electron chi connectivity index (χ3n) is 10.3. The van der Waals surface area contributed by atoms with Crippen molar-refractivity contribution in [2.24, 2.45) is 0 Å². The summed E-state index contributed by atoms with van der Waals surface area (Å²) < 4.78 is 0. The number of nitrogens with zero attached hydrogens (tertiary/aromatic N) is 4. The predicted molar refractivity (Wildman–Crippen MR) is 231 cm³/mol. The van der Waals surface area contributed by atoms with E-state index in [9.17, 15) is 0 Å². The van der Waals surface area contributed by atoms with Gasteiger partial charge >= 0.3 is 0 Å². The maximum atomic E-state index is 5.32. The van der Waals surface area contributed by atoms with Crippen LogP contribution in [0.25, 0.3) is 100 Å². The van der Waals surface area contributed by atoms with Gasteiger partial charge in [0.25, 0.3) is 0 Å². The molecule has 0 radical (unpaired) electrons. The summed E-state index contributed by atoms with van der Waals surface area (Å²) in [5.74, 6) is 0.692. The van der Waals surface area contributed by atoms with Crippen molar-refractivity contribution in [3.63, 3.8) is 0 Å². The molecule has 0 amide bonds. The Morgan fingerprint density at radius 1 is 0.250 bits per heavy atom. The first-order valence-electron chi connectivity index (χ1n) is 18.8. The number of pyridine rings is 2. The van der Waals surface area contributed by atoms with Gasteiger partial charge in [0.05, 0.1) is 33.8 Å². The molecule has 0 unspecified atom stereocenters. The lowest BCUT2D eigenvalue weighted by Crippen LogP contribution is -1.96. The minimum absolute atomic E-state index is 0.692. The van der Waals surface area contributed by atoms with Crippen molar-refractivity contribution in [3.8, 4) is 78.7 Å². The fraction of sp³-hybridized carbons (Fsp3) is 0. The smallest absolute Gasteiger partial charge is 0.160 e. The summed E-state index contributed by atoms with van der Waals surface area (Å²) in [6, 6.07) is 71.5. The van der Waals surface area contributed by atoms with Crippen LogP contribution in [0.4, 0.5) is 0 Å². The van der Waals surface area contributed by atoms with Gasteiger partial charge in [-0.15, -0.1) is 0 Å². The molecule has 7 aromatic carbocycles. The molecular formula is C52H34N4. The van der Waals surface area contributed by atoms with Gasteiger partial charge in [0, 0.05) is 38.6 Å². The second-order valence-corrected chi connectivity index (χ2v) is 13.9. The molecule has 0 aliphatic carbocycles. The van der Waals surface area contributed by atoms with E-state index in [0.29, 0.717) is 5.82 Å². The number of benzene rings is 7. The molecule has 0 bridgehead atoms. The summed E-state index contributed by atoms with van der Waals surface area (Å²) in [5, 5.41) is 2.13. The molecule has 0 atom stereocenters. The second kappa shape index (κ2) is 14.3. The maximum absolute atomic E-state index is 5.32. The van der Waals surface area contributed by atoms with Crippen LogP contribution in [0.2, 0.25) is 0 Å². The van der Waals surface area contributed by atoms with Gasteiger partial charge in [-0.1, -0.05) is 182 Å². The van der Waals surface area contributed by atoms with Crippen LogP contribution in [-0.2, 0) is 0 Å². The van der Waals surface area contributed by atoms with Gasteiger partial charge in [0.15, 0.2) is 5.82 Å². The van der Waals surface area contributed by atoms with Gasteiger partial charge in [-0.2, -0.15) is 0 Å². The lowest BCUT2D eigenvalue weighted by Gasteiger charge is -2.13. The average Bonchev–Trinajstić information content (AvgIpc) is 3.29. The van der Waals surface area contributed by atoms with Crippen molar-refractivity contribution in [2.75, 3.05) is 0 Å². The lowest BCUT2D eigenvalue weighted by atomic mass is 9.96. The van der Waals surface area contributed by atoms with Gasteiger partial charge in [0.2, 0.25) is 0 Å². The largest absolute Gasteiger partial charge is 0.245 e. The molecule has 0 spiro atoms. The number of hydrogen-bond acceptors (Lipinski definition) is 4. The number of aromatic nitrogens is 4. The molecule has 3 aromatic heterocycles. The monoisotopic (exact) mass is 714 g/mol. The quantitative estimate of drug-likeness (QED) is 0.154. The summed E-state index contributed by atoms with van der Waals surface area (Å²) in [7, 11) is 0. The van der Waals surface area contributed by atoms with Crippen molar-refractivity contribution >= 4 is 21.8 Å². The van der Waals surface area contributed by atoms with E-state index < -0.39 is 0 Å². The zero-order valence-corrected chi connectivity index (χ0v) is 30.4. The zero-order valence-electron chi connectivity index (χ0n) is 30.4. The maximum Gasteiger partial charge on any atom is 0.160 e. The van der Waals surface area contributed by atoms with Crippen LogP contribution in [0.3, 0.4) is 0 Å². The predicted octanol–water partition coefficient (Wildman–Crippen LogP) is 13.2. The Labute approximate surface area is 325 Å². The molecule has 4 nitrogen and oxygen atoms in total. The molecule has 262 valence electrons. The van der Waals surface area contributed by atoms with Crippen molar-refractivity contribution < 1.29 is 0 Å². The fourth-order valence-corrected chi connectivity index (χ4v) is 7.41. The highest BCUT2D eigenvalue weighted by Gasteiger charge is 2.15. The second-order valence-electron chi connectivity index (χ2n) is 13.9. The minimum atomic E-state index is 0.692. The van der Waals surface area contributed by atoms with Crippen LogP contribution in [0.5, 0.6) is 0 Å². The molecule has 10 rings (SSSR count). The van der Waals surface area contributed by atoms with Crippen LogP contribution in [0.1, 0.15) is 0 Å². The van der Waals surface area contributed by atoms with Crippen LogP contribution < -0.4 is 0 Å². The van der Waals surface area contributed by atoms with E-state index in [-0.39, 0.29) is 0 Å². The Kier molecular flexibility index (Phi) is 8.47. The molecule has 0 N–H and O–H groups in total. The summed E-state index contributed by atoms with van der Waals surface area (Å²) in [4.78, 5) is 20.6. The van der Waals surface area contributed by atoms with Gasteiger partial charge in [-0.05, 0) is 46.5 Å². The highest BCUT2D eigenvalue weighted by atomic mass is 14.9. The molecule has 0 saturated heterocycles. The number of rotatable bonds is 7. The summed E-state index contributed by atoms with van der Waals surface area (Å²) >= 11 is 0. The van der Waals surface area contributed by atoms with Crippen molar-refractivity contribution in [1.29, 1.82) is 0 Å². The normalized spacial score (nSPS) is 11.2. The van der Waals surface area contributed by atoms with Crippen molar-refractivity contribution in [1.82, 2.24) is 19.9 Å². The Morgan fingerprint density at radius 2 is 0.732 bits per heavy atom. The van der Waals surface area contributed by atoms with Gasteiger partial charge in [-0.3, -0.25) is 0 Å². The molecule has 0 aliphatic heterocycles. The molecule has 0 fully saturated rings. The van der Waals surface area contributed by atoms with E-state index in [4.69, 9.17) is 19.9 Å². The topological polar surface area (TPSA) is 51.6 Å². The average molecular weight is 715 g/mol. The molecule has 4 heteroatoms. The molecule has 10 aromatic rings. The first-order chi connectivity index (χ1) is 27.7. The first kappa shape index (κ1) is 33.0. The highest BCUT2D eigenvalue weighted by molar-refractivity contribution is 6.09. The highest BCUT2D eigenvalue weighted by Crippen LogP contribution is 2.36. The molecule has 56 heavy (non-hydrogen) atoms. The van der Waals surface area contributed by atoms with E-state index in [1.807, 2.05) is 42.5 Å². The number of fused-ring (bicyclic) bond motifs is 3. The minimum Gasteiger partial charge on any atom is -0.245 e. The van der Waals surface area contributed by atoms with Gasteiger partial charge in [0.1, 0.15) is 0 Å². The summed E-state index contributed by atoms with van der Waals surface area (Å²) in [6.45, 7) is 0. The van der Waals surface area contributed by atoms with Gasteiger partial charge in [-0.25, -0.2) is 19.9 Å². The molecular weight excluding hydrogens is 681 g/mol. The fourth-order valence-electron chi connectivity index (χ4n) is 7.41. The lowest BCUT2D eigenvalue weighted by molar-refractivity contribution is 1.18. The molecule has 0 saturated carbocycles. The van der Waals surface area contributed by atoms with E-state index in [0.717, 1.165) is 94.7 Å². The first-order valence-corrected chi connectivity index (χ1v) is 18.8. The van der Waals surface area contributed by atoms with E-state index in [1.54, 1.807) is 0 Å². The van der Waals surface area contributed by atoms with Gasteiger partial charge < -0.3 is 0 Å².